The van der Waals surface area contributed by atoms with E-state index in [1.165, 1.54) is 12.3 Å². The van der Waals surface area contributed by atoms with Crippen molar-refractivity contribution in [3.63, 3.8) is 0 Å². The first-order valence-corrected chi connectivity index (χ1v) is 7.17. The number of carbonyl (C=O) groups excluding carboxylic acids is 1. The molecule has 1 aromatic rings. The summed E-state index contributed by atoms with van der Waals surface area (Å²) >= 11 is 5.85. The van der Waals surface area contributed by atoms with Crippen molar-refractivity contribution < 1.29 is 9.53 Å². The maximum absolute atomic E-state index is 12.6. The van der Waals surface area contributed by atoms with E-state index in [2.05, 4.69) is 9.88 Å². The Morgan fingerprint density at radius 3 is 2.71 bits per heavy atom. The van der Waals surface area contributed by atoms with Gasteiger partial charge < -0.3 is 20.3 Å². The molecule has 0 saturated heterocycles. The largest absolute Gasteiger partial charge is 0.397 e. The number of methoxy groups -OCH3 is 1. The van der Waals surface area contributed by atoms with Crippen molar-refractivity contribution in [2.75, 3.05) is 53.2 Å². The molecule has 0 aromatic carbocycles. The third-order valence-corrected chi connectivity index (χ3v) is 3.22. The predicted octanol–water partition coefficient (Wildman–Crippen LogP) is 1.36. The van der Waals surface area contributed by atoms with Crippen LogP contribution in [0, 0.1) is 0 Å². The molecule has 0 spiro atoms. The molecule has 7 heteroatoms. The van der Waals surface area contributed by atoms with Gasteiger partial charge in [0, 0.05) is 20.2 Å². The Hall–Kier alpha value is -1.37. The maximum Gasteiger partial charge on any atom is 0.256 e. The number of ether oxygens (including phenoxy) is 1. The first kappa shape index (κ1) is 17.7. The number of carbonyl (C=O) groups is 1. The fraction of sp³-hybridized carbons (Fsp3) is 0.571. The summed E-state index contributed by atoms with van der Waals surface area (Å²) in [6, 6.07) is 1.50. The van der Waals surface area contributed by atoms with Crippen LogP contribution in [0.15, 0.2) is 12.3 Å². The van der Waals surface area contributed by atoms with Gasteiger partial charge in [0.15, 0.2) is 0 Å². The fourth-order valence-electron chi connectivity index (χ4n) is 1.89. The van der Waals surface area contributed by atoms with Crippen LogP contribution in [0.4, 0.5) is 5.69 Å². The second kappa shape index (κ2) is 8.81. The van der Waals surface area contributed by atoms with Gasteiger partial charge in [0.25, 0.3) is 5.91 Å². The summed E-state index contributed by atoms with van der Waals surface area (Å²) in [4.78, 5) is 20.3. The number of hydrogen-bond acceptors (Lipinski definition) is 5. The van der Waals surface area contributed by atoms with Crippen LogP contribution in [0.5, 0.6) is 0 Å². The quantitative estimate of drug-likeness (QED) is 0.734. The SMILES string of the molecule is COCCN(CCCN(C)C)C(=O)c1cc(Cl)ncc1N. The van der Waals surface area contributed by atoms with E-state index in [0.29, 0.717) is 30.9 Å². The van der Waals surface area contributed by atoms with Gasteiger partial charge in [-0.15, -0.1) is 0 Å². The highest BCUT2D eigenvalue weighted by Crippen LogP contribution is 2.17. The molecule has 6 nitrogen and oxygen atoms in total. The highest BCUT2D eigenvalue weighted by Gasteiger charge is 2.18. The summed E-state index contributed by atoms with van der Waals surface area (Å²) in [6.07, 6.45) is 2.28. The van der Waals surface area contributed by atoms with Crippen molar-refractivity contribution in [1.82, 2.24) is 14.8 Å². The number of anilines is 1. The van der Waals surface area contributed by atoms with Crippen molar-refractivity contribution in [3.8, 4) is 0 Å². The second-order valence-electron chi connectivity index (χ2n) is 5.04. The minimum atomic E-state index is -0.146. The van der Waals surface area contributed by atoms with E-state index >= 15 is 0 Å². The van der Waals surface area contributed by atoms with Crippen molar-refractivity contribution in [1.29, 1.82) is 0 Å². The number of aromatic nitrogens is 1. The number of nitrogens with zero attached hydrogens (tertiary/aromatic N) is 3. The molecule has 0 saturated carbocycles. The molecule has 118 valence electrons. The highest BCUT2D eigenvalue weighted by atomic mass is 35.5. The molecule has 0 aliphatic heterocycles. The monoisotopic (exact) mass is 314 g/mol. The molecule has 0 aliphatic rings. The Balaban J connectivity index is 2.80. The lowest BCUT2D eigenvalue weighted by Gasteiger charge is -2.24. The van der Waals surface area contributed by atoms with Crippen LogP contribution < -0.4 is 5.73 Å². The third kappa shape index (κ3) is 5.87. The van der Waals surface area contributed by atoms with Gasteiger partial charge >= 0.3 is 0 Å². The number of amides is 1. The molecule has 0 fully saturated rings. The summed E-state index contributed by atoms with van der Waals surface area (Å²) < 4.78 is 5.07. The molecule has 2 N–H and O–H groups in total. The lowest BCUT2D eigenvalue weighted by Crippen LogP contribution is -2.36. The molecule has 1 amide bonds. The average Bonchev–Trinajstić information content (AvgIpc) is 2.44. The number of pyridine rings is 1. The summed E-state index contributed by atoms with van der Waals surface area (Å²) in [6.45, 7) is 2.54. The zero-order valence-electron chi connectivity index (χ0n) is 12.8. The van der Waals surface area contributed by atoms with Crippen LogP contribution in [-0.4, -0.2) is 68.1 Å². The molecule has 0 bridgehead atoms. The standard InChI is InChI=1S/C14H23ClN4O2/c1-18(2)5-4-6-19(7-8-21-3)14(20)11-9-13(15)17-10-12(11)16/h9-10H,4-8,16H2,1-3H3. The maximum atomic E-state index is 12.6. The molecule has 1 heterocycles. The van der Waals surface area contributed by atoms with Crippen LogP contribution in [-0.2, 0) is 4.74 Å². The van der Waals surface area contributed by atoms with Crippen molar-refractivity contribution in [2.24, 2.45) is 0 Å². The van der Waals surface area contributed by atoms with Crippen molar-refractivity contribution in [2.45, 2.75) is 6.42 Å². The molecule has 0 unspecified atom stereocenters. The summed E-state index contributed by atoms with van der Waals surface area (Å²) in [5.41, 5.74) is 6.54. The van der Waals surface area contributed by atoms with Crippen molar-refractivity contribution >= 4 is 23.2 Å². The number of hydrogen-bond donors (Lipinski definition) is 1. The lowest BCUT2D eigenvalue weighted by molar-refractivity contribution is 0.0690. The predicted molar refractivity (Wildman–Crippen MR) is 84.6 cm³/mol. The van der Waals surface area contributed by atoms with Crippen LogP contribution in [0.1, 0.15) is 16.8 Å². The van der Waals surface area contributed by atoms with E-state index in [-0.39, 0.29) is 11.1 Å². The number of halogens is 1. The summed E-state index contributed by atoms with van der Waals surface area (Å²) in [5.74, 6) is -0.146. The smallest absolute Gasteiger partial charge is 0.256 e. The van der Waals surface area contributed by atoms with Crippen molar-refractivity contribution in [3.05, 3.63) is 23.0 Å². The van der Waals surface area contributed by atoms with Gasteiger partial charge in [-0.25, -0.2) is 4.98 Å². The highest BCUT2D eigenvalue weighted by molar-refractivity contribution is 6.29. The van der Waals surface area contributed by atoms with Gasteiger partial charge in [-0.1, -0.05) is 11.6 Å². The Labute approximate surface area is 130 Å². The second-order valence-corrected chi connectivity index (χ2v) is 5.42. The van der Waals surface area contributed by atoms with Gasteiger partial charge in [0.05, 0.1) is 24.1 Å². The zero-order valence-corrected chi connectivity index (χ0v) is 13.6. The van der Waals surface area contributed by atoms with Gasteiger partial charge in [0.1, 0.15) is 5.15 Å². The van der Waals surface area contributed by atoms with Crippen LogP contribution in [0.3, 0.4) is 0 Å². The molecule has 1 aromatic heterocycles. The molecular weight excluding hydrogens is 292 g/mol. The number of rotatable bonds is 8. The topological polar surface area (TPSA) is 71.7 Å². The van der Waals surface area contributed by atoms with Gasteiger partial charge in [-0.05, 0) is 33.1 Å². The van der Waals surface area contributed by atoms with E-state index in [1.807, 2.05) is 14.1 Å². The zero-order chi connectivity index (χ0) is 15.8. The van der Waals surface area contributed by atoms with Gasteiger partial charge in [-0.3, -0.25) is 4.79 Å². The first-order chi connectivity index (χ1) is 9.95. The van der Waals surface area contributed by atoms with E-state index < -0.39 is 0 Å². The molecule has 0 atom stereocenters. The summed E-state index contributed by atoms with van der Waals surface area (Å²) in [5, 5.41) is 0.257. The van der Waals surface area contributed by atoms with Gasteiger partial charge in [0.2, 0.25) is 0 Å². The van der Waals surface area contributed by atoms with E-state index in [0.717, 1.165) is 13.0 Å². The minimum absolute atomic E-state index is 0.146. The molecule has 1 rings (SSSR count). The van der Waals surface area contributed by atoms with Crippen LogP contribution in [0.2, 0.25) is 5.15 Å². The lowest BCUT2D eigenvalue weighted by atomic mass is 10.2. The normalized spacial score (nSPS) is 10.9. The Morgan fingerprint density at radius 2 is 2.10 bits per heavy atom. The Morgan fingerprint density at radius 1 is 1.38 bits per heavy atom. The number of nitrogens with two attached hydrogens (primary N) is 1. The molecule has 0 radical (unpaired) electrons. The Bertz CT molecular complexity index is 468. The summed E-state index contributed by atoms with van der Waals surface area (Å²) in [7, 11) is 5.62. The number of nitrogen functional groups attached to an aromatic ring is 1. The van der Waals surface area contributed by atoms with Crippen LogP contribution >= 0.6 is 11.6 Å². The van der Waals surface area contributed by atoms with E-state index in [9.17, 15) is 4.79 Å². The first-order valence-electron chi connectivity index (χ1n) is 6.79. The van der Waals surface area contributed by atoms with Crippen LogP contribution in [0.25, 0.3) is 0 Å². The fourth-order valence-corrected chi connectivity index (χ4v) is 2.05. The molecule has 0 aliphatic carbocycles. The Kier molecular flexibility index (Phi) is 7.42. The average molecular weight is 315 g/mol. The minimum Gasteiger partial charge on any atom is -0.397 e. The van der Waals surface area contributed by atoms with Gasteiger partial charge in [-0.2, -0.15) is 0 Å². The van der Waals surface area contributed by atoms with E-state index in [4.69, 9.17) is 22.1 Å². The van der Waals surface area contributed by atoms with E-state index in [1.54, 1.807) is 12.0 Å². The third-order valence-electron chi connectivity index (χ3n) is 3.02. The molecular formula is C14H23ClN4O2. The molecule has 21 heavy (non-hydrogen) atoms.